The minimum absolute atomic E-state index is 0.0817. The number of piperidine rings is 1. The molecule has 5 rings (SSSR count). The van der Waals surface area contributed by atoms with E-state index in [9.17, 15) is 4.79 Å². The van der Waals surface area contributed by atoms with Crippen molar-refractivity contribution in [1.29, 1.82) is 0 Å². The van der Waals surface area contributed by atoms with Crippen molar-refractivity contribution in [1.82, 2.24) is 4.90 Å². The molecule has 0 radical (unpaired) electrons. The second kappa shape index (κ2) is 12.2. The first-order valence-electron chi connectivity index (χ1n) is 14.0. The fraction of sp³-hybridized carbons (Fsp3) is 0.424. The van der Waals surface area contributed by atoms with Crippen molar-refractivity contribution in [3.8, 4) is 22.6 Å². The summed E-state index contributed by atoms with van der Waals surface area (Å²) in [5.41, 5.74) is 7.97. The highest BCUT2D eigenvalue weighted by Gasteiger charge is 2.26. The minimum Gasteiger partial charge on any atom is -0.493 e. The van der Waals surface area contributed by atoms with Gasteiger partial charge >= 0.3 is 5.97 Å². The van der Waals surface area contributed by atoms with E-state index in [0.717, 1.165) is 60.7 Å². The van der Waals surface area contributed by atoms with Gasteiger partial charge in [-0.05, 0) is 90.9 Å². The zero-order valence-corrected chi connectivity index (χ0v) is 23.2. The Labute approximate surface area is 231 Å². The zero-order valence-electron chi connectivity index (χ0n) is 23.2. The van der Waals surface area contributed by atoms with E-state index in [0.29, 0.717) is 25.9 Å². The van der Waals surface area contributed by atoms with Gasteiger partial charge in [0.1, 0.15) is 17.6 Å². The maximum Gasteiger partial charge on any atom is 0.304 e. The highest BCUT2D eigenvalue weighted by atomic mass is 16.5. The van der Waals surface area contributed by atoms with Crippen LogP contribution < -0.4 is 9.47 Å². The molecule has 2 heterocycles. The lowest BCUT2D eigenvalue weighted by Gasteiger charge is -2.31. The van der Waals surface area contributed by atoms with Gasteiger partial charge in [-0.25, -0.2) is 0 Å². The molecule has 0 aromatic heterocycles. The fourth-order valence-corrected chi connectivity index (χ4v) is 5.88. The summed E-state index contributed by atoms with van der Waals surface area (Å²) in [6.07, 6.45) is 2.55. The lowest BCUT2D eigenvalue weighted by molar-refractivity contribution is -0.137. The van der Waals surface area contributed by atoms with E-state index in [-0.39, 0.29) is 12.3 Å². The highest BCUT2D eigenvalue weighted by molar-refractivity contribution is 5.72. The molecule has 6 heteroatoms. The summed E-state index contributed by atoms with van der Waals surface area (Å²) in [4.78, 5) is 13.6. The molecule has 0 amide bonds. The highest BCUT2D eigenvalue weighted by Crippen LogP contribution is 2.37. The molecular weight excluding hydrogens is 490 g/mol. The lowest BCUT2D eigenvalue weighted by atomic mass is 9.94. The van der Waals surface area contributed by atoms with E-state index < -0.39 is 5.97 Å². The number of ether oxygens (including phenoxy) is 3. The SMILES string of the molecule is CCN1CCC(Oc2cc(C)c(-c3cccc(COCc4ccc5c(c4)OC[C@H]5CC(=O)O)c3)c(C)c2)CC1. The summed E-state index contributed by atoms with van der Waals surface area (Å²) >= 11 is 0. The second-order valence-corrected chi connectivity index (χ2v) is 10.9. The van der Waals surface area contributed by atoms with Crippen LogP contribution in [0.4, 0.5) is 0 Å². The first-order valence-corrected chi connectivity index (χ1v) is 14.0. The Morgan fingerprint density at radius 2 is 1.72 bits per heavy atom. The number of aliphatic carboxylic acids is 1. The third kappa shape index (κ3) is 6.63. The van der Waals surface area contributed by atoms with E-state index in [4.69, 9.17) is 19.3 Å². The van der Waals surface area contributed by atoms with Crippen LogP contribution >= 0.6 is 0 Å². The number of fused-ring (bicyclic) bond motifs is 1. The molecule has 39 heavy (non-hydrogen) atoms. The molecule has 2 aliphatic heterocycles. The van der Waals surface area contributed by atoms with Gasteiger partial charge in [-0.2, -0.15) is 0 Å². The smallest absolute Gasteiger partial charge is 0.304 e. The van der Waals surface area contributed by atoms with Crippen molar-refractivity contribution >= 4 is 5.97 Å². The number of hydrogen-bond acceptors (Lipinski definition) is 5. The van der Waals surface area contributed by atoms with Crippen molar-refractivity contribution in [3.05, 3.63) is 82.4 Å². The molecule has 1 N–H and O–H groups in total. The fourth-order valence-electron chi connectivity index (χ4n) is 5.88. The number of aryl methyl sites for hydroxylation is 2. The molecule has 2 aliphatic rings. The number of likely N-dealkylation sites (tertiary alicyclic amines) is 1. The van der Waals surface area contributed by atoms with Crippen molar-refractivity contribution in [2.24, 2.45) is 0 Å². The molecular formula is C33H39NO5. The van der Waals surface area contributed by atoms with Crippen LogP contribution in [-0.4, -0.2) is 48.3 Å². The van der Waals surface area contributed by atoms with Crippen LogP contribution in [0.25, 0.3) is 11.1 Å². The minimum atomic E-state index is -0.802. The molecule has 0 bridgehead atoms. The van der Waals surface area contributed by atoms with Crippen LogP contribution in [0.3, 0.4) is 0 Å². The van der Waals surface area contributed by atoms with Gasteiger partial charge in [-0.3, -0.25) is 4.79 Å². The molecule has 0 saturated carbocycles. The molecule has 0 aliphatic carbocycles. The van der Waals surface area contributed by atoms with Gasteiger partial charge in [0, 0.05) is 24.6 Å². The Bertz CT molecular complexity index is 1290. The average Bonchev–Trinajstić information content (AvgIpc) is 3.30. The number of carboxylic acids is 1. The number of carboxylic acid groups (broad SMARTS) is 1. The largest absolute Gasteiger partial charge is 0.493 e. The van der Waals surface area contributed by atoms with Gasteiger partial charge in [0.15, 0.2) is 0 Å². The normalized spacial score (nSPS) is 17.6. The van der Waals surface area contributed by atoms with Gasteiger partial charge in [0.25, 0.3) is 0 Å². The van der Waals surface area contributed by atoms with E-state index in [2.05, 4.69) is 62.1 Å². The van der Waals surface area contributed by atoms with Crippen molar-refractivity contribution in [2.45, 2.75) is 65.3 Å². The summed E-state index contributed by atoms with van der Waals surface area (Å²) in [6.45, 7) is 11.3. The van der Waals surface area contributed by atoms with Gasteiger partial charge in [0.2, 0.25) is 0 Å². The van der Waals surface area contributed by atoms with Crippen LogP contribution in [0.1, 0.15) is 59.9 Å². The quantitative estimate of drug-likeness (QED) is 0.323. The Balaban J connectivity index is 1.20. The van der Waals surface area contributed by atoms with Crippen molar-refractivity contribution < 1.29 is 24.1 Å². The predicted octanol–water partition coefficient (Wildman–Crippen LogP) is 6.50. The number of carbonyl (C=O) groups is 1. The van der Waals surface area contributed by atoms with Gasteiger partial charge < -0.3 is 24.2 Å². The second-order valence-electron chi connectivity index (χ2n) is 10.9. The molecule has 3 aromatic rings. The Morgan fingerprint density at radius 1 is 1.00 bits per heavy atom. The predicted molar refractivity (Wildman–Crippen MR) is 153 cm³/mol. The summed E-state index contributed by atoms with van der Waals surface area (Å²) in [7, 11) is 0. The van der Waals surface area contributed by atoms with E-state index >= 15 is 0 Å². The maximum absolute atomic E-state index is 11.1. The van der Waals surface area contributed by atoms with Gasteiger partial charge in [0.05, 0.1) is 26.2 Å². The van der Waals surface area contributed by atoms with Gasteiger partial charge in [-0.15, -0.1) is 0 Å². The summed E-state index contributed by atoms with van der Waals surface area (Å²) in [6, 6.07) is 18.8. The monoisotopic (exact) mass is 529 g/mol. The number of hydrogen-bond donors (Lipinski definition) is 1. The van der Waals surface area contributed by atoms with E-state index in [1.165, 1.54) is 22.3 Å². The molecule has 0 spiro atoms. The molecule has 6 nitrogen and oxygen atoms in total. The zero-order chi connectivity index (χ0) is 27.4. The summed E-state index contributed by atoms with van der Waals surface area (Å²) in [5, 5.41) is 9.11. The Kier molecular flexibility index (Phi) is 8.53. The van der Waals surface area contributed by atoms with Crippen molar-refractivity contribution in [2.75, 3.05) is 26.2 Å². The van der Waals surface area contributed by atoms with Crippen LogP contribution in [0.2, 0.25) is 0 Å². The van der Waals surface area contributed by atoms with Gasteiger partial charge in [-0.1, -0.05) is 37.3 Å². The van der Waals surface area contributed by atoms with Crippen LogP contribution in [0.5, 0.6) is 11.5 Å². The molecule has 3 aromatic carbocycles. The Hall–Kier alpha value is -3.35. The Morgan fingerprint density at radius 3 is 2.41 bits per heavy atom. The lowest BCUT2D eigenvalue weighted by Crippen LogP contribution is -2.38. The molecule has 1 atom stereocenters. The summed E-state index contributed by atoms with van der Waals surface area (Å²) in [5.74, 6) is 0.857. The maximum atomic E-state index is 11.1. The number of rotatable bonds is 10. The molecule has 0 unspecified atom stereocenters. The average molecular weight is 530 g/mol. The van der Waals surface area contributed by atoms with E-state index in [1.807, 2.05) is 18.2 Å². The molecule has 206 valence electrons. The topological polar surface area (TPSA) is 68.2 Å². The first-order chi connectivity index (χ1) is 18.9. The third-order valence-corrected chi connectivity index (χ3v) is 7.92. The van der Waals surface area contributed by atoms with Crippen molar-refractivity contribution in [3.63, 3.8) is 0 Å². The van der Waals surface area contributed by atoms with Crippen LogP contribution in [-0.2, 0) is 22.7 Å². The first kappa shape index (κ1) is 27.2. The number of nitrogens with zero attached hydrogens (tertiary/aromatic N) is 1. The standard InChI is InChI=1S/C33H39NO5/c1-4-34-12-10-28(11-13-34)39-29-14-22(2)33(23(3)15-29)26-7-5-6-24(16-26)19-37-20-25-8-9-30-27(18-32(35)36)21-38-31(30)17-25/h5-9,14-17,27-28H,4,10-13,18-21H2,1-3H3,(H,35,36)/t27-/m1/s1. The van der Waals surface area contributed by atoms with E-state index in [1.54, 1.807) is 0 Å². The summed E-state index contributed by atoms with van der Waals surface area (Å²) < 4.78 is 18.2. The van der Waals surface area contributed by atoms with Crippen LogP contribution in [0, 0.1) is 13.8 Å². The molecule has 1 saturated heterocycles. The third-order valence-electron chi connectivity index (χ3n) is 7.92. The molecule has 1 fully saturated rings. The van der Waals surface area contributed by atoms with Crippen LogP contribution in [0.15, 0.2) is 54.6 Å². The number of benzene rings is 3.